The third-order valence-corrected chi connectivity index (χ3v) is 3.03. The number of nitriles is 1. The van der Waals surface area contributed by atoms with Crippen molar-refractivity contribution in [1.29, 1.82) is 5.26 Å². The monoisotopic (exact) mass is 347 g/mol. The Balaban J connectivity index is 2.08. The number of hydrazone groups is 1. The van der Waals surface area contributed by atoms with Gasteiger partial charge < -0.3 is 4.74 Å². The molecule has 5 nitrogen and oxygen atoms in total. The van der Waals surface area contributed by atoms with Gasteiger partial charge in [-0.3, -0.25) is 4.79 Å². The maximum atomic E-state index is 12.7. The quantitative estimate of drug-likeness (QED) is 0.666. The molecule has 25 heavy (non-hydrogen) atoms. The lowest BCUT2D eigenvalue weighted by atomic mass is 10.1. The van der Waals surface area contributed by atoms with Gasteiger partial charge in [-0.15, -0.1) is 0 Å². The van der Waals surface area contributed by atoms with E-state index in [9.17, 15) is 18.0 Å². The maximum Gasteiger partial charge on any atom is 0.416 e. The van der Waals surface area contributed by atoms with Crippen LogP contribution < -0.4 is 10.2 Å². The molecule has 0 heterocycles. The molecule has 0 radical (unpaired) electrons. The molecule has 1 amide bonds. The number of nitrogens with one attached hydrogen (secondary N) is 1. The zero-order valence-electron chi connectivity index (χ0n) is 12.7. The second-order valence-electron chi connectivity index (χ2n) is 4.76. The van der Waals surface area contributed by atoms with Gasteiger partial charge in [-0.2, -0.15) is 23.5 Å². The predicted molar refractivity (Wildman–Crippen MR) is 84.1 cm³/mol. The number of halogens is 3. The predicted octanol–water partition coefficient (Wildman–Crippen LogP) is 3.37. The van der Waals surface area contributed by atoms with Crippen LogP contribution in [0.4, 0.5) is 13.2 Å². The summed E-state index contributed by atoms with van der Waals surface area (Å²) >= 11 is 0. The van der Waals surface area contributed by atoms with E-state index in [-0.39, 0.29) is 12.2 Å². The van der Waals surface area contributed by atoms with Crippen LogP contribution in [0.3, 0.4) is 0 Å². The minimum Gasteiger partial charge on any atom is -0.478 e. The van der Waals surface area contributed by atoms with Gasteiger partial charge >= 0.3 is 6.18 Å². The van der Waals surface area contributed by atoms with Crippen molar-refractivity contribution < 1.29 is 22.7 Å². The normalized spacial score (nSPS) is 11.1. The van der Waals surface area contributed by atoms with Crippen molar-refractivity contribution in [3.8, 4) is 11.8 Å². The third kappa shape index (κ3) is 5.07. The first kappa shape index (κ1) is 18.0. The number of hydrogen-bond acceptors (Lipinski definition) is 4. The largest absolute Gasteiger partial charge is 0.478 e. The first-order valence-corrected chi connectivity index (χ1v) is 7.01. The summed E-state index contributed by atoms with van der Waals surface area (Å²) in [7, 11) is 0. The van der Waals surface area contributed by atoms with Gasteiger partial charge in [0.25, 0.3) is 5.91 Å². The van der Waals surface area contributed by atoms with Crippen LogP contribution in [-0.2, 0) is 6.18 Å². The fraction of sp³-hybridized carbons (Fsp3) is 0.118. The standard InChI is InChI=1S/C17H12F3N3O2/c18-17(19,20)14-6-3-5-12(10-14)16(24)23-22-11-13-4-1-2-7-15(13)25-9-8-21/h1-7,10-11H,9H2,(H,23,24)/b22-11+. The molecule has 0 aliphatic rings. The Morgan fingerprint density at radius 3 is 2.72 bits per heavy atom. The van der Waals surface area contributed by atoms with Crippen molar-refractivity contribution in [2.45, 2.75) is 6.18 Å². The van der Waals surface area contributed by atoms with Crippen LogP contribution in [0, 0.1) is 11.3 Å². The summed E-state index contributed by atoms with van der Waals surface area (Å²) in [6.07, 6.45) is -3.26. The van der Waals surface area contributed by atoms with Crippen LogP contribution in [0.2, 0.25) is 0 Å². The number of hydrogen-bond donors (Lipinski definition) is 1. The van der Waals surface area contributed by atoms with Gasteiger partial charge in [-0.1, -0.05) is 18.2 Å². The number of nitrogens with zero attached hydrogens (tertiary/aromatic N) is 2. The van der Waals surface area contributed by atoms with Gasteiger partial charge in [0.15, 0.2) is 6.61 Å². The van der Waals surface area contributed by atoms with Crippen LogP contribution in [0.5, 0.6) is 5.75 Å². The molecule has 0 aliphatic heterocycles. The summed E-state index contributed by atoms with van der Waals surface area (Å²) in [4.78, 5) is 11.9. The summed E-state index contributed by atoms with van der Waals surface area (Å²) in [5, 5.41) is 12.2. The number of carbonyl (C=O) groups is 1. The van der Waals surface area contributed by atoms with Crippen LogP contribution >= 0.6 is 0 Å². The highest BCUT2D eigenvalue weighted by molar-refractivity contribution is 5.95. The zero-order valence-corrected chi connectivity index (χ0v) is 12.7. The Labute approximate surface area is 141 Å². The molecular formula is C17H12F3N3O2. The number of amides is 1. The number of ether oxygens (including phenoxy) is 1. The summed E-state index contributed by atoms with van der Waals surface area (Å²) in [6.45, 7) is -0.151. The lowest BCUT2D eigenvalue weighted by Gasteiger charge is -2.08. The highest BCUT2D eigenvalue weighted by atomic mass is 19.4. The molecule has 2 aromatic carbocycles. The van der Waals surface area contributed by atoms with Crippen molar-refractivity contribution in [1.82, 2.24) is 5.43 Å². The first-order chi connectivity index (χ1) is 11.9. The van der Waals surface area contributed by atoms with Crippen molar-refractivity contribution >= 4 is 12.1 Å². The fourth-order valence-electron chi connectivity index (χ4n) is 1.89. The Kier molecular flexibility index (Phi) is 5.74. The average Bonchev–Trinajstić information content (AvgIpc) is 2.60. The van der Waals surface area contributed by atoms with Gasteiger partial charge in [0.1, 0.15) is 11.8 Å². The van der Waals surface area contributed by atoms with E-state index in [2.05, 4.69) is 10.5 Å². The average molecular weight is 347 g/mol. The molecular weight excluding hydrogens is 335 g/mol. The molecule has 0 aliphatic carbocycles. The molecule has 8 heteroatoms. The molecule has 0 saturated carbocycles. The number of rotatable bonds is 5. The fourth-order valence-corrected chi connectivity index (χ4v) is 1.89. The van der Waals surface area contributed by atoms with Gasteiger partial charge in [0.05, 0.1) is 11.8 Å². The Hall–Kier alpha value is -3.34. The second-order valence-corrected chi connectivity index (χ2v) is 4.76. The molecule has 0 aromatic heterocycles. The van der Waals surface area contributed by atoms with E-state index in [0.29, 0.717) is 11.3 Å². The van der Waals surface area contributed by atoms with E-state index >= 15 is 0 Å². The molecule has 1 N–H and O–H groups in total. The first-order valence-electron chi connectivity index (χ1n) is 7.01. The van der Waals surface area contributed by atoms with E-state index in [1.54, 1.807) is 24.3 Å². The van der Waals surface area contributed by atoms with Crippen molar-refractivity contribution in [3.05, 3.63) is 65.2 Å². The molecule has 0 unspecified atom stereocenters. The van der Waals surface area contributed by atoms with E-state index in [1.807, 2.05) is 6.07 Å². The smallest absolute Gasteiger partial charge is 0.416 e. The molecule has 0 fully saturated rings. The van der Waals surface area contributed by atoms with Crippen LogP contribution in [0.25, 0.3) is 0 Å². The van der Waals surface area contributed by atoms with Crippen LogP contribution in [0.1, 0.15) is 21.5 Å². The molecule has 128 valence electrons. The highest BCUT2D eigenvalue weighted by Crippen LogP contribution is 2.29. The van der Waals surface area contributed by atoms with Crippen molar-refractivity contribution in [3.63, 3.8) is 0 Å². The molecule has 0 atom stereocenters. The van der Waals surface area contributed by atoms with Crippen molar-refractivity contribution in [2.24, 2.45) is 5.10 Å². The van der Waals surface area contributed by atoms with E-state index < -0.39 is 17.6 Å². The minimum atomic E-state index is -4.53. The topological polar surface area (TPSA) is 74.5 Å². The van der Waals surface area contributed by atoms with Gasteiger partial charge in [0, 0.05) is 11.1 Å². The van der Waals surface area contributed by atoms with Crippen LogP contribution in [-0.4, -0.2) is 18.7 Å². The second kappa shape index (κ2) is 7.97. The summed E-state index contributed by atoms with van der Waals surface area (Å²) in [5.41, 5.74) is 1.57. The van der Waals surface area contributed by atoms with Crippen molar-refractivity contribution in [2.75, 3.05) is 6.61 Å². The molecule has 2 aromatic rings. The summed E-state index contributed by atoms with van der Waals surface area (Å²) in [5.74, 6) is -0.390. The Bertz CT molecular complexity index is 826. The maximum absolute atomic E-state index is 12.7. The minimum absolute atomic E-state index is 0.151. The van der Waals surface area contributed by atoms with Gasteiger partial charge in [0.2, 0.25) is 0 Å². The SMILES string of the molecule is N#CCOc1ccccc1/C=N/NC(=O)c1cccc(C(F)(F)F)c1. The number of carbonyl (C=O) groups excluding carboxylic acids is 1. The third-order valence-electron chi connectivity index (χ3n) is 3.03. The lowest BCUT2D eigenvalue weighted by Crippen LogP contribution is -2.18. The van der Waals surface area contributed by atoms with Crippen LogP contribution in [0.15, 0.2) is 53.6 Å². The molecule has 0 spiro atoms. The Morgan fingerprint density at radius 2 is 2.00 bits per heavy atom. The number of para-hydroxylation sites is 1. The van der Waals surface area contributed by atoms with E-state index in [4.69, 9.17) is 10.00 Å². The number of alkyl halides is 3. The Morgan fingerprint density at radius 1 is 1.24 bits per heavy atom. The van der Waals surface area contributed by atoms with Gasteiger partial charge in [-0.05, 0) is 30.3 Å². The zero-order chi connectivity index (χ0) is 18.3. The van der Waals surface area contributed by atoms with E-state index in [0.717, 1.165) is 18.2 Å². The summed E-state index contributed by atoms with van der Waals surface area (Å²) < 4.78 is 43.1. The molecule has 0 bridgehead atoms. The highest BCUT2D eigenvalue weighted by Gasteiger charge is 2.30. The van der Waals surface area contributed by atoms with Gasteiger partial charge in [-0.25, -0.2) is 5.43 Å². The summed E-state index contributed by atoms with van der Waals surface area (Å²) in [6, 6.07) is 12.5. The lowest BCUT2D eigenvalue weighted by molar-refractivity contribution is -0.137. The van der Waals surface area contributed by atoms with E-state index in [1.165, 1.54) is 12.3 Å². The number of benzene rings is 2. The molecule has 0 saturated heterocycles. The molecule has 2 rings (SSSR count).